The number of aromatic nitrogens is 1. The molecular weight excluding hydrogens is 274 g/mol. The van der Waals surface area contributed by atoms with Crippen LogP contribution in [0.2, 0.25) is 0 Å². The molecule has 1 fully saturated rings. The second kappa shape index (κ2) is 4.68. The summed E-state index contributed by atoms with van der Waals surface area (Å²) < 4.78 is 22.5. The first-order valence-electron chi connectivity index (χ1n) is 7.02. The molecule has 0 unspecified atom stereocenters. The van der Waals surface area contributed by atoms with E-state index >= 15 is 0 Å². The van der Waals surface area contributed by atoms with Crippen LogP contribution in [0.15, 0.2) is 12.3 Å². The van der Waals surface area contributed by atoms with E-state index in [1.165, 1.54) is 7.11 Å². The number of cyclic esters (lactones) is 1. The molecule has 21 heavy (non-hydrogen) atoms. The van der Waals surface area contributed by atoms with Gasteiger partial charge >= 0.3 is 5.97 Å². The van der Waals surface area contributed by atoms with Gasteiger partial charge in [-0.05, 0) is 26.3 Å². The first-order valence-corrected chi connectivity index (χ1v) is 7.02. The van der Waals surface area contributed by atoms with Gasteiger partial charge in [0, 0.05) is 11.8 Å². The van der Waals surface area contributed by atoms with E-state index < -0.39 is 17.4 Å². The minimum Gasteiger partial charge on any atom is -0.480 e. The highest BCUT2D eigenvalue weighted by atomic mass is 16.8. The third-order valence-electron chi connectivity index (χ3n) is 4.10. The summed E-state index contributed by atoms with van der Waals surface area (Å²) >= 11 is 0. The molecule has 0 amide bonds. The lowest BCUT2D eigenvalue weighted by Gasteiger charge is -2.33. The van der Waals surface area contributed by atoms with Gasteiger partial charge in [0.05, 0.1) is 13.7 Å². The van der Waals surface area contributed by atoms with Crippen LogP contribution < -0.4 is 4.74 Å². The third kappa shape index (κ3) is 2.01. The Morgan fingerprint density at radius 2 is 2.24 bits per heavy atom. The average molecular weight is 293 g/mol. The number of hydrogen-bond donors (Lipinski definition) is 0. The van der Waals surface area contributed by atoms with E-state index in [0.29, 0.717) is 18.6 Å². The maximum atomic E-state index is 12.3. The number of nitrogens with zero attached hydrogens (tertiary/aromatic N) is 1. The summed E-state index contributed by atoms with van der Waals surface area (Å²) in [4.78, 5) is 16.4. The highest BCUT2D eigenvalue weighted by Gasteiger charge is 2.56. The Balaban J connectivity index is 2.09. The van der Waals surface area contributed by atoms with Crippen LogP contribution in [0.25, 0.3) is 0 Å². The number of pyridine rings is 1. The molecule has 3 rings (SSSR count). The van der Waals surface area contributed by atoms with Crippen molar-refractivity contribution in [3.05, 3.63) is 23.4 Å². The zero-order chi connectivity index (χ0) is 15.3. The van der Waals surface area contributed by atoms with Gasteiger partial charge in [0.25, 0.3) is 0 Å². The Hall–Kier alpha value is -1.66. The van der Waals surface area contributed by atoms with E-state index in [0.717, 1.165) is 5.56 Å². The van der Waals surface area contributed by atoms with Crippen molar-refractivity contribution in [3.8, 4) is 5.88 Å². The first-order chi connectivity index (χ1) is 9.93. The van der Waals surface area contributed by atoms with Crippen LogP contribution in [0.5, 0.6) is 5.88 Å². The van der Waals surface area contributed by atoms with Crippen LogP contribution >= 0.6 is 0 Å². The van der Waals surface area contributed by atoms with Gasteiger partial charge < -0.3 is 18.9 Å². The molecule has 0 bridgehead atoms. The van der Waals surface area contributed by atoms with Crippen molar-refractivity contribution in [2.24, 2.45) is 0 Å². The molecule has 2 atom stereocenters. The van der Waals surface area contributed by atoms with Crippen molar-refractivity contribution in [1.29, 1.82) is 0 Å². The maximum Gasteiger partial charge on any atom is 0.345 e. The zero-order valence-electron chi connectivity index (χ0n) is 12.6. The molecule has 114 valence electrons. The quantitative estimate of drug-likeness (QED) is 0.794. The fraction of sp³-hybridized carbons (Fsp3) is 0.600. The third-order valence-corrected chi connectivity index (χ3v) is 4.10. The smallest absolute Gasteiger partial charge is 0.345 e. The van der Waals surface area contributed by atoms with Gasteiger partial charge in [-0.15, -0.1) is 0 Å². The summed E-state index contributed by atoms with van der Waals surface area (Å²) in [5.41, 5.74) is 0.291. The van der Waals surface area contributed by atoms with Crippen LogP contribution in [0, 0.1) is 0 Å². The van der Waals surface area contributed by atoms with Crippen molar-refractivity contribution in [3.63, 3.8) is 0 Å². The molecule has 6 nitrogen and oxygen atoms in total. The summed E-state index contributed by atoms with van der Waals surface area (Å²) in [5.74, 6) is -0.824. The fourth-order valence-corrected chi connectivity index (χ4v) is 3.06. The Kier molecular flexibility index (Phi) is 3.18. The molecule has 0 saturated carbocycles. The Morgan fingerprint density at radius 1 is 1.48 bits per heavy atom. The SMILES string of the molecule is CC[C@]1([C@@H]2COC(C)(C)O2)OC(=O)c2c1ccnc2OC. The summed E-state index contributed by atoms with van der Waals surface area (Å²) in [6.07, 6.45) is 1.85. The van der Waals surface area contributed by atoms with E-state index in [4.69, 9.17) is 18.9 Å². The standard InChI is InChI=1S/C15H19NO5/c1-5-15(10-8-19-14(2,3)20-10)9-6-7-16-12(18-4)11(9)13(17)21-15/h6-7,10H,5,8H2,1-4H3/t10-,15-/m0/s1. The van der Waals surface area contributed by atoms with Gasteiger partial charge in [0.15, 0.2) is 11.4 Å². The van der Waals surface area contributed by atoms with E-state index in [-0.39, 0.29) is 12.0 Å². The van der Waals surface area contributed by atoms with Crippen molar-refractivity contribution < 1.29 is 23.7 Å². The Bertz CT molecular complexity index is 585. The summed E-state index contributed by atoms with van der Waals surface area (Å²) in [5, 5.41) is 0. The second-order valence-corrected chi connectivity index (χ2v) is 5.69. The molecule has 1 saturated heterocycles. The van der Waals surface area contributed by atoms with Crippen molar-refractivity contribution in [2.75, 3.05) is 13.7 Å². The molecule has 0 N–H and O–H groups in total. The molecule has 2 aliphatic rings. The monoisotopic (exact) mass is 293 g/mol. The van der Waals surface area contributed by atoms with Crippen molar-refractivity contribution in [2.45, 2.75) is 44.7 Å². The zero-order valence-corrected chi connectivity index (χ0v) is 12.6. The molecule has 0 spiro atoms. The maximum absolute atomic E-state index is 12.3. The fourth-order valence-electron chi connectivity index (χ4n) is 3.06. The average Bonchev–Trinajstić information content (AvgIpc) is 2.97. The summed E-state index contributed by atoms with van der Waals surface area (Å²) in [7, 11) is 1.49. The lowest BCUT2D eigenvalue weighted by atomic mass is 9.85. The van der Waals surface area contributed by atoms with E-state index in [2.05, 4.69) is 4.98 Å². The van der Waals surface area contributed by atoms with Gasteiger partial charge in [-0.3, -0.25) is 0 Å². The molecule has 0 radical (unpaired) electrons. The molecule has 3 heterocycles. The molecule has 1 aromatic rings. The number of ether oxygens (including phenoxy) is 4. The Morgan fingerprint density at radius 3 is 2.81 bits per heavy atom. The van der Waals surface area contributed by atoms with E-state index in [9.17, 15) is 4.79 Å². The number of rotatable bonds is 3. The Labute approximate surface area is 123 Å². The predicted molar refractivity (Wildman–Crippen MR) is 73.1 cm³/mol. The van der Waals surface area contributed by atoms with Crippen molar-refractivity contribution >= 4 is 5.97 Å². The van der Waals surface area contributed by atoms with Crippen LogP contribution in [-0.4, -0.2) is 36.6 Å². The lowest BCUT2D eigenvalue weighted by Crippen LogP contribution is -2.42. The van der Waals surface area contributed by atoms with Gasteiger partial charge in [0.2, 0.25) is 5.88 Å². The van der Waals surface area contributed by atoms with Gasteiger partial charge in [-0.25, -0.2) is 9.78 Å². The summed E-state index contributed by atoms with van der Waals surface area (Å²) in [6, 6.07) is 1.79. The second-order valence-electron chi connectivity index (χ2n) is 5.69. The highest BCUT2D eigenvalue weighted by molar-refractivity contribution is 5.97. The molecule has 2 aliphatic heterocycles. The number of carbonyl (C=O) groups excluding carboxylic acids is 1. The number of hydrogen-bond acceptors (Lipinski definition) is 6. The van der Waals surface area contributed by atoms with E-state index in [1.807, 2.05) is 20.8 Å². The largest absolute Gasteiger partial charge is 0.480 e. The van der Waals surface area contributed by atoms with Gasteiger partial charge in [0.1, 0.15) is 11.7 Å². The normalized spacial score (nSPS) is 30.1. The highest BCUT2D eigenvalue weighted by Crippen LogP contribution is 2.47. The van der Waals surface area contributed by atoms with Crippen LogP contribution in [0.4, 0.5) is 0 Å². The number of fused-ring (bicyclic) bond motifs is 1. The number of esters is 1. The minimum absolute atomic E-state index is 0.283. The lowest BCUT2D eigenvalue weighted by molar-refractivity contribution is -0.171. The minimum atomic E-state index is -0.851. The molecule has 1 aromatic heterocycles. The summed E-state index contributed by atoms with van der Waals surface area (Å²) in [6.45, 7) is 6.03. The molecular formula is C15H19NO5. The number of methoxy groups -OCH3 is 1. The van der Waals surface area contributed by atoms with Crippen LogP contribution in [0.1, 0.15) is 43.1 Å². The van der Waals surface area contributed by atoms with Crippen LogP contribution in [-0.2, 0) is 19.8 Å². The first kappa shape index (κ1) is 14.3. The van der Waals surface area contributed by atoms with Crippen LogP contribution in [0.3, 0.4) is 0 Å². The molecule has 0 aliphatic carbocycles. The molecule has 0 aromatic carbocycles. The van der Waals surface area contributed by atoms with Gasteiger partial charge in [-0.1, -0.05) is 6.92 Å². The molecule has 6 heteroatoms. The van der Waals surface area contributed by atoms with Gasteiger partial charge in [-0.2, -0.15) is 0 Å². The van der Waals surface area contributed by atoms with Crippen molar-refractivity contribution in [1.82, 2.24) is 4.98 Å². The predicted octanol–water partition coefficient (Wildman–Crippen LogP) is 2.02. The topological polar surface area (TPSA) is 66.9 Å². The van der Waals surface area contributed by atoms with E-state index in [1.54, 1.807) is 12.3 Å². The number of carbonyl (C=O) groups is 1.